The molecule has 9 nitrogen and oxygen atoms in total. The lowest BCUT2D eigenvalue weighted by atomic mass is 10.0. The Morgan fingerprint density at radius 2 is 1.64 bits per heavy atom. The normalized spacial score (nSPS) is 24.8. The van der Waals surface area contributed by atoms with Crippen molar-refractivity contribution in [1.82, 2.24) is 15.1 Å². The van der Waals surface area contributed by atoms with Crippen LogP contribution < -0.4 is 10.2 Å². The molecule has 0 spiro atoms. The Morgan fingerprint density at radius 3 is 2.30 bits per heavy atom. The summed E-state index contributed by atoms with van der Waals surface area (Å²) >= 11 is 0. The van der Waals surface area contributed by atoms with Crippen LogP contribution in [-0.4, -0.2) is 78.4 Å². The van der Waals surface area contributed by atoms with Gasteiger partial charge in [-0.1, -0.05) is 0 Å². The van der Waals surface area contributed by atoms with Crippen LogP contribution in [0.4, 0.5) is 5.69 Å². The molecule has 176 valence electrons. The second-order valence-corrected chi connectivity index (χ2v) is 9.40. The number of ether oxygens (including phenoxy) is 1. The maximum atomic E-state index is 12.9. The summed E-state index contributed by atoms with van der Waals surface area (Å²) in [5.41, 5.74) is 2.66. The highest BCUT2D eigenvalue weighted by Crippen LogP contribution is 2.32. The van der Waals surface area contributed by atoms with Crippen LogP contribution in [0, 0.1) is 0 Å². The molecular formula is C24H30N4O5. The molecule has 1 atom stereocenters. The highest BCUT2D eigenvalue weighted by atomic mass is 16.5. The number of nitrogens with zero attached hydrogens (tertiary/aromatic N) is 3. The van der Waals surface area contributed by atoms with Gasteiger partial charge in [-0.05, 0) is 55.9 Å². The lowest BCUT2D eigenvalue weighted by molar-refractivity contribution is -0.137. The van der Waals surface area contributed by atoms with Crippen LogP contribution in [0.25, 0.3) is 0 Å². The first-order chi connectivity index (χ1) is 16.0. The van der Waals surface area contributed by atoms with Crippen molar-refractivity contribution in [2.24, 2.45) is 0 Å². The summed E-state index contributed by atoms with van der Waals surface area (Å²) in [5.74, 6) is -0.799. The molecule has 4 aliphatic rings. The second kappa shape index (κ2) is 9.13. The fraction of sp³-hybridized carbons (Fsp3) is 0.583. The lowest BCUT2D eigenvalue weighted by Gasteiger charge is -2.37. The molecule has 0 saturated carbocycles. The van der Waals surface area contributed by atoms with Crippen LogP contribution in [0.2, 0.25) is 0 Å². The minimum Gasteiger partial charge on any atom is -0.375 e. The maximum absolute atomic E-state index is 12.9. The van der Waals surface area contributed by atoms with Crippen molar-refractivity contribution in [2.75, 3.05) is 31.1 Å². The van der Waals surface area contributed by atoms with E-state index in [4.69, 9.17) is 4.74 Å². The summed E-state index contributed by atoms with van der Waals surface area (Å²) in [7, 11) is 0. The van der Waals surface area contributed by atoms with Gasteiger partial charge in [0.1, 0.15) is 6.04 Å². The number of piperidine rings is 3. The quantitative estimate of drug-likeness (QED) is 0.528. The van der Waals surface area contributed by atoms with E-state index in [1.807, 2.05) is 17.0 Å². The van der Waals surface area contributed by atoms with E-state index in [9.17, 15) is 19.2 Å². The van der Waals surface area contributed by atoms with Gasteiger partial charge in [-0.3, -0.25) is 24.5 Å². The Morgan fingerprint density at radius 1 is 0.939 bits per heavy atom. The highest BCUT2D eigenvalue weighted by molar-refractivity contribution is 6.05. The van der Waals surface area contributed by atoms with Gasteiger partial charge in [-0.15, -0.1) is 0 Å². The predicted octanol–water partition coefficient (Wildman–Crippen LogP) is 1.05. The SMILES string of the molecule is O=CN1CCC(OC2CCN(c3ccc4c(c3)CN(C3CCC(=O)NC3=O)C4=O)CC2)CC1. The summed E-state index contributed by atoms with van der Waals surface area (Å²) < 4.78 is 6.31. The molecule has 4 amide bonds. The number of nitrogens with one attached hydrogen (secondary N) is 1. The molecular weight excluding hydrogens is 424 g/mol. The average molecular weight is 455 g/mol. The van der Waals surface area contributed by atoms with E-state index < -0.39 is 6.04 Å². The lowest BCUT2D eigenvalue weighted by Crippen LogP contribution is -2.52. The van der Waals surface area contributed by atoms with Crippen molar-refractivity contribution in [3.63, 3.8) is 0 Å². The molecule has 0 bridgehead atoms. The van der Waals surface area contributed by atoms with Gasteiger partial charge in [0.2, 0.25) is 18.2 Å². The van der Waals surface area contributed by atoms with Crippen molar-refractivity contribution >= 4 is 29.8 Å². The summed E-state index contributed by atoms with van der Waals surface area (Å²) in [4.78, 5) is 53.2. The monoisotopic (exact) mass is 454 g/mol. The van der Waals surface area contributed by atoms with Crippen molar-refractivity contribution in [2.45, 2.75) is 63.3 Å². The number of fused-ring (bicyclic) bond motifs is 1. The molecule has 33 heavy (non-hydrogen) atoms. The highest BCUT2D eigenvalue weighted by Gasteiger charge is 2.39. The Kier molecular flexibility index (Phi) is 6.05. The first-order valence-corrected chi connectivity index (χ1v) is 11.9. The van der Waals surface area contributed by atoms with Gasteiger partial charge in [-0.25, -0.2) is 0 Å². The van der Waals surface area contributed by atoms with Crippen molar-refractivity contribution in [1.29, 1.82) is 0 Å². The molecule has 1 N–H and O–H groups in total. The van der Waals surface area contributed by atoms with Gasteiger partial charge in [-0.2, -0.15) is 0 Å². The summed E-state index contributed by atoms with van der Waals surface area (Å²) in [6.07, 6.45) is 5.74. The zero-order valence-corrected chi connectivity index (χ0v) is 18.7. The van der Waals surface area contributed by atoms with Crippen molar-refractivity contribution < 1.29 is 23.9 Å². The van der Waals surface area contributed by atoms with Crippen LogP contribution in [0.5, 0.6) is 0 Å². The van der Waals surface area contributed by atoms with Gasteiger partial charge >= 0.3 is 0 Å². The number of rotatable bonds is 5. The summed E-state index contributed by atoms with van der Waals surface area (Å²) in [5, 5.41) is 2.35. The smallest absolute Gasteiger partial charge is 0.255 e. The standard InChI is InChI=1S/C24H30N4O5/c29-15-26-9-5-18(6-10-26)33-19-7-11-27(12-8-19)17-1-2-20-16(13-17)14-28(24(20)32)21-3-4-22(30)25-23(21)31/h1-2,13,15,18-19,21H,3-12,14H2,(H,25,30,31). The van der Waals surface area contributed by atoms with Gasteiger partial charge in [0, 0.05) is 50.4 Å². The van der Waals surface area contributed by atoms with Gasteiger partial charge in [0.25, 0.3) is 5.91 Å². The van der Waals surface area contributed by atoms with Crippen LogP contribution in [0.3, 0.4) is 0 Å². The third-order valence-corrected chi connectivity index (χ3v) is 7.32. The number of benzene rings is 1. The zero-order chi connectivity index (χ0) is 22.9. The Labute approximate surface area is 193 Å². The van der Waals surface area contributed by atoms with E-state index in [2.05, 4.69) is 16.3 Å². The third-order valence-electron chi connectivity index (χ3n) is 7.32. The number of carbonyl (C=O) groups excluding carboxylic acids is 4. The second-order valence-electron chi connectivity index (χ2n) is 9.40. The molecule has 0 radical (unpaired) electrons. The Bertz CT molecular complexity index is 950. The molecule has 0 aliphatic carbocycles. The van der Waals surface area contributed by atoms with Crippen LogP contribution >= 0.6 is 0 Å². The summed E-state index contributed by atoms with van der Waals surface area (Å²) in [6.45, 7) is 3.73. The van der Waals surface area contributed by atoms with E-state index in [0.29, 0.717) is 18.5 Å². The number of hydrogen-bond donors (Lipinski definition) is 1. The number of hydrogen-bond acceptors (Lipinski definition) is 6. The fourth-order valence-electron chi connectivity index (χ4n) is 5.40. The van der Waals surface area contributed by atoms with E-state index in [1.165, 1.54) is 0 Å². The molecule has 3 fully saturated rings. The minimum absolute atomic E-state index is 0.140. The number of anilines is 1. The largest absolute Gasteiger partial charge is 0.375 e. The topological polar surface area (TPSA) is 99.3 Å². The van der Waals surface area contributed by atoms with E-state index in [1.54, 1.807) is 4.90 Å². The molecule has 1 aromatic rings. The van der Waals surface area contributed by atoms with Gasteiger partial charge in [0.05, 0.1) is 12.2 Å². The Hall–Kier alpha value is -2.94. The van der Waals surface area contributed by atoms with Crippen molar-refractivity contribution in [3.05, 3.63) is 29.3 Å². The number of amides is 4. The number of carbonyl (C=O) groups is 4. The first-order valence-electron chi connectivity index (χ1n) is 11.9. The van der Waals surface area contributed by atoms with Crippen LogP contribution in [-0.2, 0) is 25.7 Å². The molecule has 3 saturated heterocycles. The van der Waals surface area contributed by atoms with Gasteiger partial charge in [0.15, 0.2) is 0 Å². The van der Waals surface area contributed by atoms with E-state index >= 15 is 0 Å². The predicted molar refractivity (Wildman–Crippen MR) is 119 cm³/mol. The zero-order valence-electron chi connectivity index (χ0n) is 18.7. The molecule has 4 heterocycles. The Balaban J connectivity index is 1.17. The minimum atomic E-state index is -0.586. The van der Waals surface area contributed by atoms with Gasteiger partial charge < -0.3 is 19.4 Å². The molecule has 4 aliphatic heterocycles. The van der Waals surface area contributed by atoms with Crippen LogP contribution in [0.1, 0.15) is 54.4 Å². The molecule has 1 aromatic carbocycles. The average Bonchev–Trinajstić information content (AvgIpc) is 3.15. The van der Waals surface area contributed by atoms with Crippen molar-refractivity contribution in [3.8, 4) is 0 Å². The molecule has 9 heteroatoms. The first kappa shape index (κ1) is 21.9. The number of likely N-dealkylation sites (tertiary alicyclic amines) is 1. The van der Waals surface area contributed by atoms with E-state index in [-0.39, 0.29) is 36.4 Å². The van der Waals surface area contributed by atoms with Crippen LogP contribution in [0.15, 0.2) is 18.2 Å². The molecule has 1 unspecified atom stereocenters. The molecule has 5 rings (SSSR count). The maximum Gasteiger partial charge on any atom is 0.255 e. The third kappa shape index (κ3) is 4.46. The number of imide groups is 1. The molecule has 0 aromatic heterocycles. The fourth-order valence-corrected chi connectivity index (χ4v) is 5.40. The van der Waals surface area contributed by atoms with E-state index in [0.717, 1.165) is 69.5 Å². The summed E-state index contributed by atoms with van der Waals surface area (Å²) in [6, 6.07) is 5.33.